The highest BCUT2D eigenvalue weighted by molar-refractivity contribution is 7.12. The summed E-state index contributed by atoms with van der Waals surface area (Å²) in [6.07, 6.45) is 0.602. The normalized spacial score (nSPS) is 15.6. The van der Waals surface area contributed by atoms with E-state index in [1.54, 1.807) is 24.5 Å². The third-order valence-electron chi connectivity index (χ3n) is 5.14. The largest absolute Gasteiger partial charge is 0.383 e. The predicted molar refractivity (Wildman–Crippen MR) is 129 cm³/mol. The quantitative estimate of drug-likeness (QED) is 0.452. The van der Waals surface area contributed by atoms with E-state index >= 15 is 0 Å². The van der Waals surface area contributed by atoms with Crippen LogP contribution in [-0.2, 0) is 9.53 Å². The van der Waals surface area contributed by atoms with Crippen LogP contribution >= 0.6 is 34.3 Å². The van der Waals surface area contributed by atoms with Crippen molar-refractivity contribution in [2.45, 2.75) is 12.5 Å². The summed E-state index contributed by atoms with van der Waals surface area (Å²) in [5.74, 6) is -0.424. The van der Waals surface area contributed by atoms with Gasteiger partial charge in [-0.25, -0.2) is 5.01 Å². The van der Waals surface area contributed by atoms with Crippen molar-refractivity contribution < 1.29 is 14.3 Å². The zero-order valence-electron chi connectivity index (χ0n) is 17.4. The highest BCUT2D eigenvalue weighted by Gasteiger charge is 2.34. The SMILES string of the molecule is COCCN(CC(=O)N1N=C(c2cccs2)C[C@@H]1c1ccc(Cl)cc1)C(=O)c1cccs1. The van der Waals surface area contributed by atoms with Gasteiger partial charge in [0.25, 0.3) is 11.8 Å². The first-order chi connectivity index (χ1) is 15.6. The number of thiophene rings is 2. The van der Waals surface area contributed by atoms with Gasteiger partial charge in [0.15, 0.2) is 0 Å². The van der Waals surface area contributed by atoms with E-state index in [4.69, 9.17) is 16.3 Å². The van der Waals surface area contributed by atoms with Crippen LogP contribution in [0.25, 0.3) is 0 Å². The molecule has 0 saturated carbocycles. The fourth-order valence-corrected chi connectivity index (χ4v) is 5.06. The molecule has 2 amide bonds. The van der Waals surface area contributed by atoms with Gasteiger partial charge in [-0.15, -0.1) is 22.7 Å². The van der Waals surface area contributed by atoms with Crippen molar-refractivity contribution in [3.8, 4) is 0 Å². The number of ether oxygens (including phenoxy) is 1. The Balaban J connectivity index is 1.59. The van der Waals surface area contributed by atoms with Gasteiger partial charge >= 0.3 is 0 Å². The molecule has 6 nitrogen and oxygen atoms in total. The van der Waals surface area contributed by atoms with Crippen LogP contribution in [0.5, 0.6) is 0 Å². The molecule has 9 heteroatoms. The molecule has 0 aliphatic carbocycles. The van der Waals surface area contributed by atoms with E-state index in [1.807, 2.05) is 53.2 Å². The van der Waals surface area contributed by atoms with Crippen LogP contribution in [0, 0.1) is 0 Å². The zero-order valence-corrected chi connectivity index (χ0v) is 19.8. The average Bonchev–Trinajstić information content (AvgIpc) is 3.57. The van der Waals surface area contributed by atoms with Gasteiger partial charge in [0.1, 0.15) is 6.54 Å². The molecule has 0 spiro atoms. The monoisotopic (exact) mass is 487 g/mol. The number of rotatable bonds is 8. The minimum atomic E-state index is -0.252. The summed E-state index contributed by atoms with van der Waals surface area (Å²) in [4.78, 5) is 29.5. The van der Waals surface area contributed by atoms with E-state index in [-0.39, 0.29) is 24.4 Å². The molecule has 0 fully saturated rings. The number of benzene rings is 1. The number of amides is 2. The highest BCUT2D eigenvalue weighted by atomic mass is 35.5. The Morgan fingerprint density at radius 1 is 1.16 bits per heavy atom. The standard InChI is InChI=1S/C23H22ClN3O3S2/c1-30-11-10-26(23(29)21-5-3-13-32-21)15-22(28)27-19(16-6-8-17(24)9-7-16)14-18(25-27)20-4-2-12-31-20/h2-9,12-13,19H,10-11,14-15H2,1H3/t19-/m1/s1. The topological polar surface area (TPSA) is 62.2 Å². The van der Waals surface area contributed by atoms with E-state index in [1.165, 1.54) is 21.2 Å². The molecule has 1 atom stereocenters. The Bertz CT molecular complexity index is 1080. The lowest BCUT2D eigenvalue weighted by molar-refractivity contribution is -0.133. The van der Waals surface area contributed by atoms with Crippen LogP contribution in [0.1, 0.15) is 32.6 Å². The van der Waals surface area contributed by atoms with Crippen LogP contribution in [0.15, 0.2) is 64.4 Å². The third kappa shape index (κ3) is 5.10. The molecule has 1 aliphatic heterocycles. The van der Waals surface area contributed by atoms with E-state index in [2.05, 4.69) is 5.10 Å². The Morgan fingerprint density at radius 3 is 2.56 bits per heavy atom. The van der Waals surface area contributed by atoms with Gasteiger partial charge in [0.05, 0.1) is 28.1 Å². The van der Waals surface area contributed by atoms with Crippen molar-refractivity contribution in [1.82, 2.24) is 9.91 Å². The van der Waals surface area contributed by atoms with E-state index in [0.717, 1.165) is 16.2 Å². The van der Waals surface area contributed by atoms with Crippen molar-refractivity contribution in [2.24, 2.45) is 5.10 Å². The fourth-order valence-electron chi connectivity index (χ4n) is 3.52. The number of methoxy groups -OCH3 is 1. The lowest BCUT2D eigenvalue weighted by atomic mass is 10.0. The molecule has 3 aromatic rings. The maximum atomic E-state index is 13.4. The number of hydrogen-bond donors (Lipinski definition) is 0. The first-order valence-electron chi connectivity index (χ1n) is 10.1. The average molecular weight is 488 g/mol. The van der Waals surface area contributed by atoms with Gasteiger partial charge in [-0.05, 0) is 40.6 Å². The minimum Gasteiger partial charge on any atom is -0.383 e. The molecule has 2 aromatic heterocycles. The molecule has 0 bridgehead atoms. The number of halogens is 1. The molecule has 4 rings (SSSR count). The highest BCUT2D eigenvalue weighted by Crippen LogP contribution is 2.34. The van der Waals surface area contributed by atoms with Crippen molar-refractivity contribution in [2.75, 3.05) is 26.8 Å². The molecule has 1 aromatic carbocycles. The molecule has 32 heavy (non-hydrogen) atoms. The maximum Gasteiger partial charge on any atom is 0.264 e. The van der Waals surface area contributed by atoms with Crippen molar-refractivity contribution in [3.63, 3.8) is 0 Å². The van der Waals surface area contributed by atoms with Gasteiger partial charge in [-0.1, -0.05) is 35.9 Å². The second-order valence-electron chi connectivity index (χ2n) is 7.23. The Morgan fingerprint density at radius 2 is 1.91 bits per heavy atom. The summed E-state index contributed by atoms with van der Waals surface area (Å²) in [6.45, 7) is 0.583. The van der Waals surface area contributed by atoms with Gasteiger partial charge in [-0.2, -0.15) is 5.10 Å². The lowest BCUT2D eigenvalue weighted by Crippen LogP contribution is -2.42. The molecular formula is C23H22ClN3O3S2. The molecule has 0 N–H and O–H groups in total. The second-order valence-corrected chi connectivity index (χ2v) is 9.56. The Labute approximate surface area is 199 Å². The molecule has 0 saturated heterocycles. The molecule has 166 valence electrons. The number of hydrazone groups is 1. The lowest BCUT2D eigenvalue weighted by Gasteiger charge is -2.26. The van der Waals surface area contributed by atoms with E-state index < -0.39 is 0 Å². The summed E-state index contributed by atoms with van der Waals surface area (Å²) < 4.78 is 5.16. The van der Waals surface area contributed by atoms with Gasteiger partial charge < -0.3 is 9.64 Å². The smallest absolute Gasteiger partial charge is 0.264 e. The minimum absolute atomic E-state index is 0.0780. The first kappa shape index (κ1) is 22.7. The fraction of sp³-hybridized carbons (Fsp3) is 0.261. The van der Waals surface area contributed by atoms with Gasteiger partial charge in [-0.3, -0.25) is 9.59 Å². The third-order valence-corrected chi connectivity index (χ3v) is 7.17. The number of carbonyl (C=O) groups excluding carboxylic acids is 2. The summed E-state index contributed by atoms with van der Waals surface area (Å²) >= 11 is 9.01. The van der Waals surface area contributed by atoms with Crippen LogP contribution in [-0.4, -0.2) is 54.2 Å². The summed E-state index contributed by atoms with van der Waals surface area (Å²) in [7, 11) is 1.57. The maximum absolute atomic E-state index is 13.4. The summed E-state index contributed by atoms with van der Waals surface area (Å²) in [6, 6.07) is 14.8. The molecule has 0 radical (unpaired) electrons. The number of hydrogen-bond acceptors (Lipinski definition) is 6. The van der Waals surface area contributed by atoms with Crippen LogP contribution in [0.4, 0.5) is 0 Å². The molecule has 0 unspecified atom stereocenters. The first-order valence-corrected chi connectivity index (χ1v) is 12.2. The Hall–Kier alpha value is -2.52. The van der Waals surface area contributed by atoms with E-state index in [0.29, 0.717) is 29.5 Å². The van der Waals surface area contributed by atoms with Crippen molar-refractivity contribution in [3.05, 3.63) is 79.6 Å². The number of nitrogens with zero attached hydrogens (tertiary/aromatic N) is 3. The summed E-state index contributed by atoms with van der Waals surface area (Å²) in [5, 5.41) is 10.7. The van der Waals surface area contributed by atoms with Gasteiger partial charge in [0.2, 0.25) is 0 Å². The second kappa shape index (κ2) is 10.4. The van der Waals surface area contributed by atoms with Crippen LogP contribution in [0.2, 0.25) is 5.02 Å². The van der Waals surface area contributed by atoms with Crippen LogP contribution < -0.4 is 0 Å². The van der Waals surface area contributed by atoms with Crippen molar-refractivity contribution in [1.29, 1.82) is 0 Å². The van der Waals surface area contributed by atoms with E-state index in [9.17, 15) is 9.59 Å². The molecule has 1 aliphatic rings. The predicted octanol–water partition coefficient (Wildman–Crippen LogP) is 4.93. The Kier molecular flexibility index (Phi) is 7.36. The zero-order chi connectivity index (χ0) is 22.5. The molecular weight excluding hydrogens is 466 g/mol. The summed E-state index contributed by atoms with van der Waals surface area (Å²) in [5.41, 5.74) is 1.81. The molecule has 3 heterocycles. The van der Waals surface area contributed by atoms with Crippen molar-refractivity contribution >= 4 is 51.8 Å². The van der Waals surface area contributed by atoms with Crippen LogP contribution in [0.3, 0.4) is 0 Å². The number of carbonyl (C=O) groups is 2. The van der Waals surface area contributed by atoms with Gasteiger partial charge in [0, 0.05) is 25.1 Å².